The van der Waals surface area contributed by atoms with E-state index < -0.39 is 16.6 Å². The number of hydrogen-bond acceptors (Lipinski definition) is 5. The summed E-state index contributed by atoms with van der Waals surface area (Å²) in [5, 5.41) is 13.7. The fourth-order valence-corrected chi connectivity index (χ4v) is 3.47. The summed E-state index contributed by atoms with van der Waals surface area (Å²) in [6, 6.07) is 17.8. The third-order valence-corrected chi connectivity index (χ3v) is 5.06. The summed E-state index contributed by atoms with van der Waals surface area (Å²) < 4.78 is 1.56. The summed E-state index contributed by atoms with van der Waals surface area (Å²) in [5.41, 5.74) is 8.79. The number of benzene rings is 2. The van der Waals surface area contributed by atoms with E-state index in [0.717, 1.165) is 5.56 Å². The number of nitro benzene ring substituents is 1. The number of carbonyl (C=O) groups is 2. The van der Waals surface area contributed by atoms with Gasteiger partial charge >= 0.3 is 0 Å². The van der Waals surface area contributed by atoms with E-state index in [9.17, 15) is 19.7 Å². The summed E-state index contributed by atoms with van der Waals surface area (Å²) in [4.78, 5) is 36.7. The van der Waals surface area contributed by atoms with E-state index in [1.165, 1.54) is 24.3 Å². The number of non-ortho nitro benzene ring substituents is 1. The average Bonchev–Trinajstić information content (AvgIpc) is 3.06. The minimum absolute atomic E-state index is 0.0423. The Balaban J connectivity index is 1.80. The Morgan fingerprint density at radius 3 is 2.35 bits per heavy atom. The molecule has 8 nitrogen and oxygen atoms in total. The number of amides is 1. The van der Waals surface area contributed by atoms with Crippen LogP contribution in [-0.2, 0) is 0 Å². The molecule has 2 aromatic heterocycles. The van der Waals surface area contributed by atoms with Gasteiger partial charge in [0, 0.05) is 29.6 Å². The van der Waals surface area contributed by atoms with E-state index in [4.69, 9.17) is 5.73 Å². The van der Waals surface area contributed by atoms with Gasteiger partial charge in [-0.1, -0.05) is 24.3 Å². The Kier molecular flexibility index (Phi) is 4.96. The summed E-state index contributed by atoms with van der Waals surface area (Å²) in [5.74, 6) is -0.873. The van der Waals surface area contributed by atoms with Crippen molar-refractivity contribution >= 4 is 34.3 Å². The van der Waals surface area contributed by atoms with Crippen LogP contribution in [0.4, 0.5) is 17.1 Å². The second kappa shape index (κ2) is 7.75. The Labute approximate surface area is 177 Å². The third-order valence-electron chi connectivity index (χ3n) is 5.06. The Morgan fingerprint density at radius 2 is 1.68 bits per heavy atom. The van der Waals surface area contributed by atoms with Crippen molar-refractivity contribution in [2.24, 2.45) is 0 Å². The lowest BCUT2D eigenvalue weighted by Crippen LogP contribution is -2.14. The number of nitrogens with two attached hydrogens (primary N) is 1. The normalized spacial score (nSPS) is 10.7. The Morgan fingerprint density at radius 1 is 1.00 bits per heavy atom. The quantitative estimate of drug-likeness (QED) is 0.288. The number of para-hydroxylation sites is 1. The number of nitrogens with zero attached hydrogens (tertiary/aromatic N) is 2. The molecule has 0 unspecified atom stereocenters. The highest BCUT2D eigenvalue weighted by atomic mass is 16.6. The number of nitrogen functional groups attached to an aromatic ring is 1. The molecule has 0 aliphatic heterocycles. The lowest BCUT2D eigenvalue weighted by molar-refractivity contribution is -0.384. The van der Waals surface area contributed by atoms with Gasteiger partial charge in [0.15, 0.2) is 0 Å². The predicted octanol–water partition coefficient (Wildman–Crippen LogP) is 4.22. The first-order valence-electron chi connectivity index (χ1n) is 9.43. The number of aryl methyl sites for hydroxylation is 1. The van der Waals surface area contributed by atoms with Crippen LogP contribution in [0.2, 0.25) is 0 Å². The molecule has 4 rings (SSSR count). The van der Waals surface area contributed by atoms with Crippen molar-refractivity contribution in [1.82, 2.24) is 4.40 Å². The largest absolute Gasteiger partial charge is 0.396 e. The number of anilines is 2. The van der Waals surface area contributed by atoms with E-state index in [1.54, 1.807) is 34.9 Å². The molecule has 2 aromatic carbocycles. The molecule has 3 N–H and O–H groups in total. The van der Waals surface area contributed by atoms with Crippen LogP contribution in [0.25, 0.3) is 5.52 Å². The molecular weight excluding hydrogens is 396 g/mol. The van der Waals surface area contributed by atoms with Crippen molar-refractivity contribution in [2.45, 2.75) is 6.92 Å². The van der Waals surface area contributed by atoms with Crippen molar-refractivity contribution in [3.05, 3.63) is 105 Å². The number of rotatable bonds is 5. The second-order valence-electron chi connectivity index (χ2n) is 7.00. The van der Waals surface area contributed by atoms with Gasteiger partial charge in [-0.2, -0.15) is 0 Å². The van der Waals surface area contributed by atoms with Gasteiger partial charge in [-0.15, -0.1) is 0 Å². The van der Waals surface area contributed by atoms with E-state index in [0.29, 0.717) is 11.2 Å². The van der Waals surface area contributed by atoms with Crippen LogP contribution in [0.1, 0.15) is 32.0 Å². The minimum Gasteiger partial charge on any atom is -0.396 e. The number of hydrogen-bond donors (Lipinski definition) is 2. The van der Waals surface area contributed by atoms with Gasteiger partial charge in [0.05, 0.1) is 21.7 Å². The summed E-state index contributed by atoms with van der Waals surface area (Å²) >= 11 is 0. The van der Waals surface area contributed by atoms with Gasteiger partial charge in [-0.05, 0) is 42.8 Å². The van der Waals surface area contributed by atoms with Gasteiger partial charge in [0.1, 0.15) is 5.69 Å². The second-order valence-corrected chi connectivity index (χ2v) is 7.00. The number of pyridine rings is 1. The van der Waals surface area contributed by atoms with Gasteiger partial charge in [0.2, 0.25) is 5.78 Å². The van der Waals surface area contributed by atoms with E-state index in [1.807, 2.05) is 25.1 Å². The molecule has 1 amide bonds. The lowest BCUT2D eigenvalue weighted by atomic mass is 10.1. The molecule has 154 valence electrons. The summed E-state index contributed by atoms with van der Waals surface area (Å²) in [6.45, 7) is 1.88. The zero-order chi connectivity index (χ0) is 22.1. The van der Waals surface area contributed by atoms with Crippen LogP contribution < -0.4 is 11.1 Å². The number of ketones is 1. The number of fused-ring (bicyclic) bond motifs is 1. The molecule has 0 aliphatic rings. The van der Waals surface area contributed by atoms with Crippen LogP contribution in [0.3, 0.4) is 0 Å². The highest BCUT2D eigenvalue weighted by Gasteiger charge is 2.26. The zero-order valence-corrected chi connectivity index (χ0v) is 16.5. The van der Waals surface area contributed by atoms with Crippen LogP contribution in [0.5, 0.6) is 0 Å². The highest BCUT2D eigenvalue weighted by molar-refractivity contribution is 6.20. The fraction of sp³-hybridized carbons (Fsp3) is 0.0435. The SMILES string of the molecule is Cc1ccccc1NC(=O)c1c(N)c(C(=O)c2ccc([N+](=O)[O-])cc2)n2ccccc12. The van der Waals surface area contributed by atoms with Gasteiger partial charge in [-0.3, -0.25) is 19.7 Å². The first kappa shape index (κ1) is 19.8. The molecule has 4 aromatic rings. The maximum Gasteiger partial charge on any atom is 0.269 e. The lowest BCUT2D eigenvalue weighted by Gasteiger charge is -2.08. The fourth-order valence-electron chi connectivity index (χ4n) is 3.47. The Bertz CT molecular complexity index is 1340. The smallest absolute Gasteiger partial charge is 0.269 e. The van der Waals surface area contributed by atoms with Crippen LogP contribution in [0.15, 0.2) is 72.9 Å². The molecule has 0 aliphatic carbocycles. The summed E-state index contributed by atoms with van der Waals surface area (Å²) in [6.07, 6.45) is 1.65. The average molecular weight is 414 g/mol. The standard InChI is InChI=1S/C23H18N4O4/c1-14-6-2-3-7-17(14)25-23(29)19-18-8-4-5-13-26(18)21(20(19)24)22(28)15-9-11-16(12-10-15)27(30)31/h2-13H,24H2,1H3,(H,25,29). The van der Waals surface area contributed by atoms with Crippen molar-refractivity contribution < 1.29 is 14.5 Å². The minimum atomic E-state index is -0.538. The molecule has 8 heteroatoms. The first-order chi connectivity index (χ1) is 14.9. The molecule has 0 saturated carbocycles. The summed E-state index contributed by atoms with van der Waals surface area (Å²) in [7, 11) is 0. The van der Waals surface area contributed by atoms with Crippen LogP contribution in [-0.4, -0.2) is 21.0 Å². The van der Waals surface area contributed by atoms with E-state index in [2.05, 4.69) is 5.32 Å². The maximum atomic E-state index is 13.2. The van der Waals surface area contributed by atoms with Crippen LogP contribution in [0, 0.1) is 17.0 Å². The van der Waals surface area contributed by atoms with Crippen LogP contribution >= 0.6 is 0 Å². The third kappa shape index (κ3) is 3.51. The highest BCUT2D eigenvalue weighted by Crippen LogP contribution is 2.30. The zero-order valence-electron chi connectivity index (χ0n) is 16.5. The van der Waals surface area contributed by atoms with Gasteiger partial charge < -0.3 is 15.5 Å². The number of carbonyl (C=O) groups excluding carboxylic acids is 2. The topological polar surface area (TPSA) is 120 Å². The molecule has 2 heterocycles. The Hall–Kier alpha value is -4.46. The molecule has 0 spiro atoms. The van der Waals surface area contributed by atoms with Crippen molar-refractivity contribution in [3.63, 3.8) is 0 Å². The number of aromatic nitrogens is 1. The molecule has 0 atom stereocenters. The van der Waals surface area contributed by atoms with E-state index in [-0.39, 0.29) is 28.2 Å². The van der Waals surface area contributed by atoms with Crippen molar-refractivity contribution in [1.29, 1.82) is 0 Å². The molecule has 0 fully saturated rings. The first-order valence-corrected chi connectivity index (χ1v) is 9.43. The number of nitro groups is 1. The molecule has 0 saturated heterocycles. The van der Waals surface area contributed by atoms with Gasteiger partial charge in [0.25, 0.3) is 11.6 Å². The molecule has 0 radical (unpaired) electrons. The maximum absolute atomic E-state index is 13.2. The van der Waals surface area contributed by atoms with Gasteiger partial charge in [-0.25, -0.2) is 0 Å². The monoisotopic (exact) mass is 414 g/mol. The molecule has 0 bridgehead atoms. The van der Waals surface area contributed by atoms with Crippen molar-refractivity contribution in [3.8, 4) is 0 Å². The van der Waals surface area contributed by atoms with E-state index >= 15 is 0 Å². The number of nitrogens with one attached hydrogen (secondary N) is 1. The predicted molar refractivity (Wildman–Crippen MR) is 117 cm³/mol. The van der Waals surface area contributed by atoms with Crippen molar-refractivity contribution in [2.75, 3.05) is 11.1 Å². The molecular formula is C23H18N4O4. The molecule has 31 heavy (non-hydrogen) atoms.